The van der Waals surface area contributed by atoms with Crippen molar-refractivity contribution in [2.45, 2.75) is 20.5 Å². The fraction of sp³-hybridized carbons (Fsp3) is 0.154. The van der Waals surface area contributed by atoms with Crippen LogP contribution < -0.4 is 14.8 Å². The van der Waals surface area contributed by atoms with E-state index >= 15 is 0 Å². The molecule has 0 radical (unpaired) electrons. The number of ether oxygens (including phenoxy) is 2. The van der Waals surface area contributed by atoms with Gasteiger partial charge in [-0.25, -0.2) is 0 Å². The Morgan fingerprint density at radius 2 is 1.76 bits per heavy atom. The molecule has 3 rings (SSSR count). The van der Waals surface area contributed by atoms with Crippen molar-refractivity contribution < 1.29 is 14.3 Å². The molecule has 1 N–H and O–H groups in total. The van der Waals surface area contributed by atoms with Crippen molar-refractivity contribution in [2.75, 3.05) is 11.9 Å². The maximum absolute atomic E-state index is 12.7. The van der Waals surface area contributed by atoms with Crippen molar-refractivity contribution in [3.05, 3.63) is 91.9 Å². The van der Waals surface area contributed by atoms with E-state index in [0.717, 1.165) is 15.6 Å². The zero-order chi connectivity index (χ0) is 23.8. The van der Waals surface area contributed by atoms with Gasteiger partial charge in [0.05, 0.1) is 6.61 Å². The number of para-hydroxylation sites is 1. The molecule has 0 fully saturated rings. The molecule has 0 heterocycles. The van der Waals surface area contributed by atoms with E-state index in [0.29, 0.717) is 40.4 Å². The van der Waals surface area contributed by atoms with Gasteiger partial charge in [0.25, 0.3) is 5.91 Å². The lowest BCUT2D eigenvalue weighted by Gasteiger charge is -2.14. The van der Waals surface area contributed by atoms with E-state index in [1.54, 1.807) is 18.2 Å². The Morgan fingerprint density at radius 1 is 1.06 bits per heavy atom. The van der Waals surface area contributed by atoms with Crippen LogP contribution in [0.2, 0.25) is 0 Å². The minimum Gasteiger partial charge on any atom is -0.490 e. The van der Waals surface area contributed by atoms with Crippen molar-refractivity contribution in [1.29, 1.82) is 5.26 Å². The summed E-state index contributed by atoms with van der Waals surface area (Å²) in [5, 5.41) is 12.4. The predicted molar refractivity (Wildman–Crippen MR) is 137 cm³/mol. The highest BCUT2D eigenvalue weighted by atomic mass is 79.9. The number of anilines is 1. The molecule has 0 bridgehead atoms. The van der Waals surface area contributed by atoms with Crippen LogP contribution in [0.4, 0.5) is 5.69 Å². The molecular weight excluding hydrogens is 548 g/mol. The smallest absolute Gasteiger partial charge is 0.266 e. The van der Waals surface area contributed by atoms with Gasteiger partial charge in [-0.3, -0.25) is 4.79 Å². The number of halogens is 2. The van der Waals surface area contributed by atoms with Crippen LogP contribution in [0.5, 0.6) is 11.5 Å². The summed E-state index contributed by atoms with van der Waals surface area (Å²) < 4.78 is 13.4. The van der Waals surface area contributed by atoms with Crippen molar-refractivity contribution >= 4 is 49.5 Å². The topological polar surface area (TPSA) is 71.3 Å². The molecule has 0 aliphatic rings. The van der Waals surface area contributed by atoms with Crippen molar-refractivity contribution in [2.24, 2.45) is 0 Å². The molecule has 33 heavy (non-hydrogen) atoms. The first-order valence-corrected chi connectivity index (χ1v) is 11.8. The van der Waals surface area contributed by atoms with Crippen LogP contribution in [0.3, 0.4) is 0 Å². The van der Waals surface area contributed by atoms with E-state index in [4.69, 9.17) is 9.47 Å². The van der Waals surface area contributed by atoms with Crippen LogP contribution in [0.25, 0.3) is 6.08 Å². The van der Waals surface area contributed by atoms with Gasteiger partial charge in [-0.05, 0) is 66.9 Å². The number of aryl methyl sites for hydroxylation is 1. The van der Waals surface area contributed by atoms with E-state index < -0.39 is 5.91 Å². The number of amides is 1. The summed E-state index contributed by atoms with van der Waals surface area (Å²) in [5.41, 5.74) is 3.20. The average Bonchev–Trinajstić information content (AvgIpc) is 2.80. The molecule has 3 aromatic rings. The summed E-state index contributed by atoms with van der Waals surface area (Å²) in [6, 6.07) is 20.8. The Morgan fingerprint density at radius 3 is 2.42 bits per heavy atom. The van der Waals surface area contributed by atoms with Crippen LogP contribution in [0.1, 0.15) is 23.6 Å². The summed E-state index contributed by atoms with van der Waals surface area (Å²) >= 11 is 6.95. The summed E-state index contributed by atoms with van der Waals surface area (Å²) in [4.78, 5) is 12.7. The minimum absolute atomic E-state index is 0.0232. The van der Waals surface area contributed by atoms with Crippen LogP contribution in [-0.2, 0) is 11.4 Å². The Labute approximate surface area is 210 Å². The van der Waals surface area contributed by atoms with Gasteiger partial charge in [-0.15, -0.1) is 0 Å². The molecule has 168 valence electrons. The highest BCUT2D eigenvalue weighted by Crippen LogP contribution is 2.35. The Balaban J connectivity index is 1.85. The first-order chi connectivity index (χ1) is 15.9. The molecule has 0 aliphatic heterocycles. The molecule has 0 aliphatic carbocycles. The van der Waals surface area contributed by atoms with Crippen molar-refractivity contribution in [1.82, 2.24) is 0 Å². The Bertz CT molecular complexity index is 1220. The lowest BCUT2D eigenvalue weighted by Crippen LogP contribution is -2.14. The third-order valence-corrected chi connectivity index (χ3v) is 5.94. The fourth-order valence-corrected chi connectivity index (χ4v) is 3.69. The molecule has 5 nitrogen and oxygen atoms in total. The summed E-state index contributed by atoms with van der Waals surface area (Å²) in [6.07, 6.45) is 1.53. The van der Waals surface area contributed by atoms with Crippen LogP contribution in [0, 0.1) is 18.3 Å². The predicted octanol–water partition coefficient (Wildman–Crippen LogP) is 7.04. The minimum atomic E-state index is -0.479. The molecule has 0 atom stereocenters. The number of rotatable bonds is 8. The fourth-order valence-electron chi connectivity index (χ4n) is 2.99. The zero-order valence-corrected chi connectivity index (χ0v) is 21.4. The lowest BCUT2D eigenvalue weighted by molar-refractivity contribution is -0.112. The molecule has 1 amide bonds. The Hall–Kier alpha value is -3.08. The number of nitriles is 1. The number of carbonyl (C=O) groups excluding carboxylic acids is 1. The number of benzene rings is 3. The summed E-state index contributed by atoms with van der Waals surface area (Å²) in [6.45, 7) is 4.59. The van der Waals surface area contributed by atoms with Crippen molar-refractivity contribution in [3.63, 3.8) is 0 Å². The van der Waals surface area contributed by atoms with Crippen LogP contribution >= 0.6 is 31.9 Å². The second-order valence-electron chi connectivity index (χ2n) is 7.11. The van der Waals surface area contributed by atoms with Gasteiger partial charge < -0.3 is 14.8 Å². The van der Waals surface area contributed by atoms with E-state index in [1.807, 2.05) is 62.4 Å². The number of hydrogen-bond acceptors (Lipinski definition) is 4. The first kappa shape index (κ1) is 24.6. The third-order valence-electron chi connectivity index (χ3n) is 4.73. The largest absolute Gasteiger partial charge is 0.490 e. The van der Waals surface area contributed by atoms with Crippen LogP contribution in [0.15, 0.2) is 75.2 Å². The molecule has 0 spiro atoms. The second kappa shape index (κ2) is 11.7. The number of carbonyl (C=O) groups is 1. The highest BCUT2D eigenvalue weighted by molar-refractivity contribution is 9.10. The Kier molecular flexibility index (Phi) is 8.70. The first-order valence-electron chi connectivity index (χ1n) is 10.2. The molecular formula is C26H22Br2N2O3. The van der Waals surface area contributed by atoms with Gasteiger partial charge in [0, 0.05) is 14.6 Å². The molecule has 3 aromatic carbocycles. The average molecular weight is 570 g/mol. The SMILES string of the molecule is CCOc1cc(/C=C(\C#N)C(=O)Nc2ccccc2C)c(Br)cc1OCc1ccc(Br)cc1. The number of nitrogens with one attached hydrogen (secondary N) is 1. The third kappa shape index (κ3) is 6.70. The quantitative estimate of drug-likeness (QED) is 0.233. The molecule has 0 aromatic heterocycles. The standard InChI is InChI=1S/C26H22Br2N2O3/c1-3-32-24-13-19(12-20(15-29)26(31)30-23-7-5-4-6-17(23)2)22(28)14-25(24)33-16-18-8-10-21(27)11-9-18/h4-14H,3,16H2,1-2H3,(H,30,31)/b20-12+. The summed E-state index contributed by atoms with van der Waals surface area (Å²) in [5.74, 6) is 0.611. The zero-order valence-electron chi connectivity index (χ0n) is 18.2. The number of hydrogen-bond donors (Lipinski definition) is 1. The van der Waals surface area contributed by atoms with Gasteiger partial charge in [0.2, 0.25) is 0 Å². The van der Waals surface area contributed by atoms with Crippen LogP contribution in [-0.4, -0.2) is 12.5 Å². The van der Waals surface area contributed by atoms with E-state index in [9.17, 15) is 10.1 Å². The lowest BCUT2D eigenvalue weighted by atomic mass is 10.1. The van der Waals surface area contributed by atoms with Gasteiger partial charge in [-0.2, -0.15) is 5.26 Å². The monoisotopic (exact) mass is 568 g/mol. The van der Waals surface area contributed by atoms with E-state index in [2.05, 4.69) is 37.2 Å². The molecule has 0 saturated carbocycles. The number of nitrogens with zero attached hydrogens (tertiary/aromatic N) is 1. The maximum atomic E-state index is 12.7. The van der Waals surface area contributed by atoms with E-state index in [-0.39, 0.29) is 5.57 Å². The summed E-state index contributed by atoms with van der Waals surface area (Å²) in [7, 11) is 0. The van der Waals surface area contributed by atoms with Gasteiger partial charge in [-0.1, -0.05) is 62.2 Å². The maximum Gasteiger partial charge on any atom is 0.266 e. The van der Waals surface area contributed by atoms with E-state index in [1.165, 1.54) is 6.08 Å². The van der Waals surface area contributed by atoms with Gasteiger partial charge in [0.1, 0.15) is 18.2 Å². The van der Waals surface area contributed by atoms with Gasteiger partial charge >= 0.3 is 0 Å². The second-order valence-corrected chi connectivity index (χ2v) is 8.88. The van der Waals surface area contributed by atoms with Gasteiger partial charge in [0.15, 0.2) is 11.5 Å². The van der Waals surface area contributed by atoms with Crippen molar-refractivity contribution in [3.8, 4) is 17.6 Å². The molecule has 7 heteroatoms. The molecule has 0 saturated heterocycles. The normalized spacial score (nSPS) is 10.9. The molecule has 0 unspecified atom stereocenters. The highest BCUT2D eigenvalue weighted by Gasteiger charge is 2.15.